The number of nitrogens with one attached hydrogen (secondary N) is 3. The van der Waals surface area contributed by atoms with E-state index >= 15 is 0 Å². The van der Waals surface area contributed by atoms with Crippen LogP contribution in [0.4, 0.5) is 0 Å². The Hall–Kier alpha value is -1.47. The van der Waals surface area contributed by atoms with Gasteiger partial charge in [-0.05, 0) is 26.4 Å². The Morgan fingerprint density at radius 3 is 3.22 bits per heavy atom. The van der Waals surface area contributed by atoms with E-state index in [1.807, 2.05) is 6.92 Å². The molecule has 3 N–H and O–H groups in total. The normalized spacial score (nSPS) is 19.2. The molecule has 1 aromatic rings. The average Bonchev–Trinajstić information content (AvgIpc) is 2.76. The standard InChI is InChI=1S/C11H20N6O/c1-9(11-13-8-14-16-11)15-10(18)7-17-5-2-3-12-4-6-17/h8-9,12H,2-7H2,1H3,(H,15,18)(H,13,14,16). The third kappa shape index (κ3) is 3.78. The predicted octanol–water partition coefficient (Wildman–Crippen LogP) is -0.723. The minimum Gasteiger partial charge on any atom is -0.345 e. The number of amides is 1. The number of rotatable bonds is 4. The number of carbonyl (C=O) groups is 1. The van der Waals surface area contributed by atoms with Crippen molar-refractivity contribution in [2.75, 3.05) is 32.7 Å². The zero-order valence-corrected chi connectivity index (χ0v) is 10.6. The minimum atomic E-state index is -0.134. The molecule has 0 saturated carbocycles. The van der Waals surface area contributed by atoms with Gasteiger partial charge in [-0.1, -0.05) is 0 Å². The molecule has 1 atom stereocenters. The van der Waals surface area contributed by atoms with Crippen molar-refractivity contribution in [1.29, 1.82) is 0 Å². The lowest BCUT2D eigenvalue weighted by molar-refractivity contribution is -0.122. The summed E-state index contributed by atoms with van der Waals surface area (Å²) in [6.07, 6.45) is 2.53. The molecule has 1 aliphatic heterocycles. The summed E-state index contributed by atoms with van der Waals surface area (Å²) in [6, 6.07) is -0.134. The first-order valence-corrected chi connectivity index (χ1v) is 6.33. The monoisotopic (exact) mass is 252 g/mol. The first kappa shape index (κ1) is 13.0. The number of H-pyrrole nitrogens is 1. The molecule has 1 amide bonds. The fourth-order valence-corrected chi connectivity index (χ4v) is 2.04. The molecule has 7 nitrogen and oxygen atoms in total. The van der Waals surface area contributed by atoms with Gasteiger partial charge in [0.05, 0.1) is 12.6 Å². The zero-order valence-electron chi connectivity index (χ0n) is 10.6. The van der Waals surface area contributed by atoms with E-state index < -0.39 is 0 Å². The van der Waals surface area contributed by atoms with Crippen molar-refractivity contribution in [2.45, 2.75) is 19.4 Å². The molecule has 0 aromatic carbocycles. The molecular formula is C11H20N6O. The molecule has 1 aliphatic rings. The van der Waals surface area contributed by atoms with Crippen LogP contribution in [0.5, 0.6) is 0 Å². The number of nitrogens with zero attached hydrogens (tertiary/aromatic N) is 3. The van der Waals surface area contributed by atoms with Crippen LogP contribution >= 0.6 is 0 Å². The van der Waals surface area contributed by atoms with Crippen LogP contribution in [0.1, 0.15) is 25.2 Å². The van der Waals surface area contributed by atoms with Gasteiger partial charge in [0.15, 0.2) is 0 Å². The van der Waals surface area contributed by atoms with Crippen LogP contribution in [0.15, 0.2) is 6.33 Å². The molecule has 0 spiro atoms. The van der Waals surface area contributed by atoms with Crippen molar-refractivity contribution < 1.29 is 4.79 Å². The zero-order chi connectivity index (χ0) is 12.8. The van der Waals surface area contributed by atoms with Gasteiger partial charge in [0, 0.05) is 13.1 Å². The van der Waals surface area contributed by atoms with Crippen LogP contribution in [0, 0.1) is 0 Å². The molecule has 1 saturated heterocycles. The summed E-state index contributed by atoms with van der Waals surface area (Å²) in [4.78, 5) is 18.1. The summed E-state index contributed by atoms with van der Waals surface area (Å²) < 4.78 is 0. The van der Waals surface area contributed by atoms with Crippen LogP contribution < -0.4 is 10.6 Å². The van der Waals surface area contributed by atoms with Gasteiger partial charge >= 0.3 is 0 Å². The van der Waals surface area contributed by atoms with Gasteiger partial charge in [-0.15, -0.1) is 0 Å². The molecule has 0 bridgehead atoms. The van der Waals surface area contributed by atoms with Gasteiger partial charge in [-0.2, -0.15) is 5.10 Å². The van der Waals surface area contributed by atoms with Gasteiger partial charge in [0.1, 0.15) is 12.2 Å². The topological polar surface area (TPSA) is 85.9 Å². The number of carbonyl (C=O) groups excluding carboxylic acids is 1. The highest BCUT2D eigenvalue weighted by molar-refractivity contribution is 5.78. The Morgan fingerprint density at radius 1 is 1.56 bits per heavy atom. The second-order valence-electron chi connectivity index (χ2n) is 4.54. The van der Waals surface area contributed by atoms with E-state index in [0.29, 0.717) is 12.4 Å². The Kier molecular flexibility index (Phi) is 4.66. The summed E-state index contributed by atoms with van der Waals surface area (Å²) in [6.45, 7) is 6.21. The van der Waals surface area contributed by atoms with E-state index in [4.69, 9.17) is 0 Å². The smallest absolute Gasteiger partial charge is 0.234 e. The number of hydrogen-bond acceptors (Lipinski definition) is 5. The van der Waals surface area contributed by atoms with Crippen LogP contribution in [-0.2, 0) is 4.79 Å². The SMILES string of the molecule is CC(NC(=O)CN1CCCNCC1)c1ncn[nH]1. The van der Waals surface area contributed by atoms with Gasteiger partial charge in [0.2, 0.25) is 5.91 Å². The summed E-state index contributed by atoms with van der Waals surface area (Å²) >= 11 is 0. The predicted molar refractivity (Wildman–Crippen MR) is 66.9 cm³/mol. The molecule has 0 radical (unpaired) electrons. The fourth-order valence-electron chi connectivity index (χ4n) is 2.04. The summed E-state index contributed by atoms with van der Waals surface area (Å²) in [5.74, 6) is 0.710. The molecule has 7 heteroatoms. The summed E-state index contributed by atoms with van der Waals surface area (Å²) in [5, 5.41) is 12.8. The molecule has 1 fully saturated rings. The third-order valence-electron chi connectivity index (χ3n) is 3.02. The lowest BCUT2D eigenvalue weighted by Gasteiger charge is -2.20. The van der Waals surface area contributed by atoms with E-state index in [-0.39, 0.29) is 11.9 Å². The second kappa shape index (κ2) is 6.46. The largest absolute Gasteiger partial charge is 0.345 e. The van der Waals surface area contributed by atoms with Crippen molar-refractivity contribution in [3.8, 4) is 0 Å². The van der Waals surface area contributed by atoms with E-state index in [1.54, 1.807) is 0 Å². The Bertz CT molecular complexity index is 358. The van der Waals surface area contributed by atoms with Crippen molar-refractivity contribution in [2.24, 2.45) is 0 Å². The van der Waals surface area contributed by atoms with E-state index in [9.17, 15) is 4.79 Å². The van der Waals surface area contributed by atoms with E-state index in [0.717, 1.165) is 32.6 Å². The highest BCUT2D eigenvalue weighted by atomic mass is 16.2. The molecule has 18 heavy (non-hydrogen) atoms. The summed E-state index contributed by atoms with van der Waals surface area (Å²) in [5.41, 5.74) is 0. The molecule has 100 valence electrons. The molecule has 2 heterocycles. The van der Waals surface area contributed by atoms with Gasteiger partial charge in [-0.25, -0.2) is 4.98 Å². The number of hydrogen-bond donors (Lipinski definition) is 3. The van der Waals surface area contributed by atoms with E-state index in [1.165, 1.54) is 6.33 Å². The Labute approximate surface area is 106 Å². The molecule has 1 aromatic heterocycles. The molecule has 1 unspecified atom stereocenters. The quantitative estimate of drug-likeness (QED) is 0.658. The van der Waals surface area contributed by atoms with Crippen molar-refractivity contribution in [3.63, 3.8) is 0 Å². The lowest BCUT2D eigenvalue weighted by atomic mass is 10.3. The van der Waals surface area contributed by atoms with Gasteiger partial charge in [-0.3, -0.25) is 14.8 Å². The van der Waals surface area contributed by atoms with Gasteiger partial charge < -0.3 is 10.6 Å². The first-order valence-electron chi connectivity index (χ1n) is 6.33. The Balaban J connectivity index is 1.77. The molecular weight excluding hydrogens is 232 g/mol. The second-order valence-corrected chi connectivity index (χ2v) is 4.54. The summed E-state index contributed by atoms with van der Waals surface area (Å²) in [7, 11) is 0. The van der Waals surface area contributed by atoms with Crippen LogP contribution in [0.3, 0.4) is 0 Å². The molecule has 0 aliphatic carbocycles. The minimum absolute atomic E-state index is 0.0285. The number of aromatic amines is 1. The fraction of sp³-hybridized carbons (Fsp3) is 0.727. The maximum atomic E-state index is 11.9. The van der Waals surface area contributed by atoms with Crippen molar-refractivity contribution in [3.05, 3.63) is 12.2 Å². The van der Waals surface area contributed by atoms with E-state index in [2.05, 4.69) is 30.7 Å². The van der Waals surface area contributed by atoms with Crippen LogP contribution in [-0.4, -0.2) is 58.7 Å². The third-order valence-corrected chi connectivity index (χ3v) is 3.02. The Morgan fingerprint density at radius 2 is 2.44 bits per heavy atom. The first-order chi connectivity index (χ1) is 8.75. The lowest BCUT2D eigenvalue weighted by Crippen LogP contribution is -2.40. The van der Waals surface area contributed by atoms with Crippen LogP contribution in [0.2, 0.25) is 0 Å². The highest BCUT2D eigenvalue weighted by Gasteiger charge is 2.16. The average molecular weight is 252 g/mol. The number of aromatic nitrogens is 3. The highest BCUT2D eigenvalue weighted by Crippen LogP contribution is 2.04. The van der Waals surface area contributed by atoms with Crippen molar-refractivity contribution >= 4 is 5.91 Å². The maximum Gasteiger partial charge on any atom is 0.234 e. The van der Waals surface area contributed by atoms with Gasteiger partial charge in [0.25, 0.3) is 0 Å². The van der Waals surface area contributed by atoms with Crippen LogP contribution in [0.25, 0.3) is 0 Å². The van der Waals surface area contributed by atoms with Crippen molar-refractivity contribution in [1.82, 2.24) is 30.7 Å². The maximum absolute atomic E-state index is 11.9. The molecule has 2 rings (SSSR count).